The number of nitrogens with one attached hydrogen (secondary N) is 1. The van der Waals surface area contributed by atoms with E-state index in [0.29, 0.717) is 34.8 Å². The van der Waals surface area contributed by atoms with Crippen LogP contribution in [0.5, 0.6) is 0 Å². The zero-order chi connectivity index (χ0) is 56.0. The predicted octanol–water partition coefficient (Wildman–Crippen LogP) is 9.79. The second-order valence-corrected chi connectivity index (χ2v) is 33.0. The van der Waals surface area contributed by atoms with Crippen molar-refractivity contribution in [2.45, 2.75) is 186 Å². The van der Waals surface area contributed by atoms with Gasteiger partial charge in [0.1, 0.15) is 23.9 Å². The Bertz CT molecular complexity index is 2680. The van der Waals surface area contributed by atoms with Crippen molar-refractivity contribution in [3.63, 3.8) is 0 Å². The van der Waals surface area contributed by atoms with Crippen molar-refractivity contribution < 1.29 is 66.4 Å². The number of benzene rings is 3. The number of carbonyl (C=O) groups excluding carboxylic acids is 6. The maximum Gasteiger partial charge on any atom is 0.338 e. The minimum atomic E-state index is -2.94. The topological polar surface area (TPSA) is 199 Å². The van der Waals surface area contributed by atoms with E-state index in [2.05, 4.69) is 26.1 Å². The molecule has 0 aromatic heterocycles. The molecule has 2 N–H and O–H groups in total. The lowest BCUT2D eigenvalue weighted by Crippen LogP contribution is -2.82. The Kier molecular flexibility index (Phi) is 16.8. The molecule has 3 aliphatic carbocycles. The number of hydrogen-bond acceptors (Lipinski definition) is 14. The molecule has 3 fully saturated rings. The summed E-state index contributed by atoms with van der Waals surface area (Å²) < 4.78 is 47.0. The maximum atomic E-state index is 16.6. The van der Waals surface area contributed by atoms with Crippen molar-refractivity contribution in [2.24, 2.45) is 16.7 Å². The molecule has 2 saturated carbocycles. The smallest absolute Gasteiger partial charge is 0.338 e. The van der Waals surface area contributed by atoms with E-state index in [-0.39, 0.29) is 24.2 Å². The maximum absolute atomic E-state index is 16.6. The minimum Gasteiger partial charge on any atom is -0.456 e. The first-order chi connectivity index (χ1) is 35.6. The molecule has 0 radical (unpaired) electrons. The molecule has 1 aliphatic heterocycles. The third kappa shape index (κ3) is 10.4. The van der Waals surface area contributed by atoms with Crippen LogP contribution in [0.2, 0.25) is 36.3 Å². The van der Waals surface area contributed by atoms with Gasteiger partial charge in [0.15, 0.2) is 40.2 Å². The average molecular weight is 1080 g/mol. The number of amides is 1. The van der Waals surface area contributed by atoms with Crippen molar-refractivity contribution in [3.05, 3.63) is 119 Å². The highest BCUT2D eigenvalue weighted by Crippen LogP contribution is 2.65. The van der Waals surface area contributed by atoms with Crippen LogP contribution in [0.4, 0.5) is 0 Å². The van der Waals surface area contributed by atoms with Gasteiger partial charge in [0.05, 0.1) is 35.6 Å². The molecule has 7 rings (SSSR count). The normalized spacial score (nSPS) is 28.9. The lowest BCUT2D eigenvalue weighted by molar-refractivity contribution is -0.344. The van der Waals surface area contributed by atoms with Crippen LogP contribution in [-0.4, -0.2) is 112 Å². The summed E-state index contributed by atoms with van der Waals surface area (Å²) in [5.41, 5.74) is -6.01. The van der Waals surface area contributed by atoms with Crippen LogP contribution in [0.25, 0.3) is 0 Å². The first kappa shape index (κ1) is 58.4. The number of carbonyl (C=O) groups is 6. The molecule has 412 valence electrons. The molecule has 3 aromatic rings. The minimum absolute atomic E-state index is 0.0893. The van der Waals surface area contributed by atoms with Gasteiger partial charge < -0.3 is 43.0 Å². The van der Waals surface area contributed by atoms with Gasteiger partial charge in [-0.05, 0) is 91.1 Å². The summed E-state index contributed by atoms with van der Waals surface area (Å²) in [5.74, 6) is -5.77. The third-order valence-electron chi connectivity index (χ3n) is 18.0. The third-order valence-corrected chi connectivity index (χ3v) is 27.1. The highest BCUT2D eigenvalue weighted by Gasteiger charge is 2.79. The van der Waals surface area contributed by atoms with Crippen LogP contribution in [0.15, 0.2) is 102 Å². The Morgan fingerprint density at radius 3 is 1.86 bits per heavy atom. The van der Waals surface area contributed by atoms with Crippen molar-refractivity contribution in [1.29, 1.82) is 0 Å². The fourth-order valence-corrected chi connectivity index (χ4v) is 16.4. The van der Waals surface area contributed by atoms with Crippen molar-refractivity contribution in [1.82, 2.24) is 5.32 Å². The predicted molar refractivity (Wildman–Crippen MR) is 290 cm³/mol. The monoisotopic (exact) mass is 1080 g/mol. The molecule has 0 unspecified atom stereocenters. The number of rotatable bonds is 17. The first-order valence-electron chi connectivity index (χ1n) is 26.8. The van der Waals surface area contributed by atoms with Gasteiger partial charge in [-0.1, -0.05) is 122 Å². The van der Waals surface area contributed by atoms with E-state index in [4.69, 9.17) is 32.5 Å². The van der Waals surface area contributed by atoms with Crippen LogP contribution in [-0.2, 0) is 51.7 Å². The van der Waals surface area contributed by atoms with E-state index in [9.17, 15) is 24.3 Å². The van der Waals surface area contributed by atoms with E-state index in [1.807, 2.05) is 39.9 Å². The van der Waals surface area contributed by atoms with E-state index in [1.165, 1.54) is 13.8 Å². The molecule has 76 heavy (non-hydrogen) atoms. The molecule has 0 spiro atoms. The lowest BCUT2D eigenvalue weighted by Gasteiger charge is -2.68. The number of ether oxygens (including phenoxy) is 5. The van der Waals surface area contributed by atoms with Crippen LogP contribution in [0.3, 0.4) is 0 Å². The number of fused-ring (bicyclic) bond motifs is 5. The van der Waals surface area contributed by atoms with Crippen LogP contribution < -0.4 is 5.32 Å². The molecule has 3 aromatic carbocycles. The van der Waals surface area contributed by atoms with Gasteiger partial charge in [-0.15, -0.1) is 0 Å². The molecular weight excluding hydrogens is 1000 g/mol. The fraction of sp³-hybridized carbons (Fsp3) is 0.559. The summed E-state index contributed by atoms with van der Waals surface area (Å²) in [4.78, 5) is 88.6. The quantitative estimate of drug-likeness (QED) is 0.0560. The summed E-state index contributed by atoms with van der Waals surface area (Å²) in [7, 11) is -5.59. The Balaban J connectivity index is 1.49. The Hall–Kier alpha value is -5.31. The molecule has 11 atom stereocenters. The Morgan fingerprint density at radius 1 is 0.803 bits per heavy atom. The van der Waals surface area contributed by atoms with E-state index in [0.717, 1.165) is 0 Å². The van der Waals surface area contributed by atoms with Gasteiger partial charge in [0, 0.05) is 37.7 Å². The van der Waals surface area contributed by atoms with Crippen molar-refractivity contribution in [3.8, 4) is 0 Å². The summed E-state index contributed by atoms with van der Waals surface area (Å²) in [6.07, 6.45) is -8.56. The molecule has 4 aliphatic rings. The Morgan fingerprint density at radius 2 is 1.36 bits per heavy atom. The lowest BCUT2D eigenvalue weighted by atomic mass is 9.44. The van der Waals surface area contributed by atoms with Gasteiger partial charge in [0.25, 0.3) is 5.91 Å². The van der Waals surface area contributed by atoms with Gasteiger partial charge in [0.2, 0.25) is 0 Å². The van der Waals surface area contributed by atoms with Gasteiger partial charge in [-0.3, -0.25) is 19.2 Å². The van der Waals surface area contributed by atoms with Crippen molar-refractivity contribution in [2.75, 3.05) is 6.61 Å². The van der Waals surface area contributed by atoms with Crippen LogP contribution in [0.1, 0.15) is 128 Å². The second-order valence-electron chi connectivity index (χ2n) is 23.5. The standard InChI is InChI=1S/C59H79NO14Si2/c1-15-76(16-2,17-3)73-43-33-44-58(35-68-44,72-38(6)62)49-51(71-53(65)41-31-25-20-26-32-41)59(67)34-42(36(4)45(56(59,10)11)47(69-37(5)61)50(63)57(43,49)12)70-54(66)48(74-75(13,14)55(7,8)9)46(39-27-21-18-22-28-39)60-52(64)40-29-23-19-24-30-40/h18-32,42-44,46-49,51,67H,15-17,33-35H2,1-14H3,(H,60,64)/t42-,43-,44+,46-,47+,48+,49-,51+,57+,58-,59+/m0/s1. The highest BCUT2D eigenvalue weighted by atomic mass is 28.4. The number of esters is 4. The molecule has 1 saturated heterocycles. The van der Waals surface area contributed by atoms with Crippen molar-refractivity contribution >= 4 is 52.2 Å². The first-order valence-corrected chi connectivity index (χ1v) is 32.2. The van der Waals surface area contributed by atoms with Crippen LogP contribution in [0, 0.1) is 16.7 Å². The highest BCUT2D eigenvalue weighted by molar-refractivity contribution is 6.74. The number of Topliss-reactive ketones (excluding diaryl/α,β-unsaturated/α-hetero) is 1. The molecular formula is C59H79NO14Si2. The summed E-state index contributed by atoms with van der Waals surface area (Å²) in [5, 5.41) is 17.1. The second kappa shape index (κ2) is 21.8. The van der Waals surface area contributed by atoms with Crippen LogP contribution >= 0.6 is 0 Å². The average Bonchev–Trinajstić information content (AvgIpc) is 3.54. The van der Waals surface area contributed by atoms with E-state index in [1.54, 1.807) is 113 Å². The number of ketones is 1. The molecule has 1 amide bonds. The molecule has 17 heteroatoms. The molecule has 2 bridgehead atoms. The Labute approximate surface area is 450 Å². The summed E-state index contributed by atoms with van der Waals surface area (Å²) in [6.45, 7) is 25.1. The summed E-state index contributed by atoms with van der Waals surface area (Å²) in [6, 6.07) is 26.8. The van der Waals surface area contributed by atoms with Gasteiger partial charge >= 0.3 is 23.9 Å². The largest absolute Gasteiger partial charge is 0.456 e. The number of hydrogen-bond donors (Lipinski definition) is 2. The zero-order valence-corrected chi connectivity index (χ0v) is 48.8. The molecule has 1 heterocycles. The molecule has 15 nitrogen and oxygen atoms in total. The SMILES string of the molecule is CC[Si](CC)(CC)O[C@H]1C[C@H]2OC[C@@]2(OC(C)=O)[C@H]2[C@@H](OC(=O)c3ccccc3)[C@]3(O)C[C@H](OC(=O)[C@H](O[Si](C)(C)C(C)(C)C)[C@@H](NC(=O)c4ccccc4)c4ccccc4)C(C)=C([C@@H](OC(C)=O)C(=O)[C@]12C)C3(C)C. The summed E-state index contributed by atoms with van der Waals surface area (Å²) >= 11 is 0. The number of aliphatic hydroxyl groups is 1. The fourth-order valence-electron chi connectivity index (χ4n) is 12.2. The van der Waals surface area contributed by atoms with Gasteiger partial charge in [-0.2, -0.15) is 0 Å². The van der Waals surface area contributed by atoms with E-state index >= 15 is 9.59 Å². The van der Waals surface area contributed by atoms with Gasteiger partial charge in [-0.25, -0.2) is 9.59 Å². The zero-order valence-electron chi connectivity index (χ0n) is 46.8. The van der Waals surface area contributed by atoms with E-state index < -0.39 is 134 Å².